The van der Waals surface area contributed by atoms with Crippen molar-refractivity contribution in [3.8, 4) is 0 Å². The highest BCUT2D eigenvalue weighted by atomic mass is 127. The average Bonchev–Trinajstić information content (AvgIpc) is 2.69. The summed E-state index contributed by atoms with van der Waals surface area (Å²) >= 11 is 0. The summed E-state index contributed by atoms with van der Waals surface area (Å²) in [6.07, 6.45) is 7.51. The van der Waals surface area contributed by atoms with Crippen molar-refractivity contribution in [3.05, 3.63) is 0 Å². The molecule has 0 aromatic rings. The Labute approximate surface area is 183 Å². The normalized spacial score (nSPS) is 22.6. The van der Waals surface area contributed by atoms with Gasteiger partial charge < -0.3 is 19.7 Å². The van der Waals surface area contributed by atoms with Crippen LogP contribution in [0.4, 0.5) is 0 Å². The van der Waals surface area contributed by atoms with Crippen LogP contribution in [-0.2, 0) is 9.47 Å². The molecule has 0 amide bonds. The first-order chi connectivity index (χ1) is 12.8. The molecule has 0 aromatic heterocycles. The fraction of sp³-hybridized carbons (Fsp3) is 0.950. The summed E-state index contributed by atoms with van der Waals surface area (Å²) in [5.74, 6) is 1.09. The topological polar surface area (TPSA) is 49.3 Å². The summed E-state index contributed by atoms with van der Waals surface area (Å²) in [7, 11) is 1.74. The van der Waals surface area contributed by atoms with Crippen LogP contribution in [-0.4, -0.2) is 87.5 Å². The van der Waals surface area contributed by atoms with Gasteiger partial charge in [-0.3, -0.25) is 9.89 Å². The number of aliphatic imine (C=N–C) groups is 1. The molecule has 0 radical (unpaired) electrons. The number of guanidine groups is 1. The molecule has 2 aliphatic heterocycles. The van der Waals surface area contributed by atoms with E-state index in [1.54, 1.807) is 7.11 Å². The highest BCUT2D eigenvalue weighted by Gasteiger charge is 2.24. The molecule has 2 aliphatic rings. The molecule has 160 valence electrons. The first-order valence-corrected chi connectivity index (χ1v) is 10.7. The number of likely N-dealkylation sites (N-methyl/N-ethyl adjacent to an activating group) is 1. The van der Waals surface area contributed by atoms with Crippen LogP contribution in [0.1, 0.15) is 52.4 Å². The molecule has 1 N–H and O–H groups in total. The largest absolute Gasteiger partial charge is 0.385 e. The summed E-state index contributed by atoms with van der Waals surface area (Å²) in [6, 6.07) is 0.615. The van der Waals surface area contributed by atoms with Crippen LogP contribution >= 0.6 is 24.0 Å². The third-order valence-corrected chi connectivity index (χ3v) is 5.53. The maximum absolute atomic E-state index is 5.98. The molecule has 0 aromatic carbocycles. The highest BCUT2D eigenvalue weighted by molar-refractivity contribution is 14.0. The van der Waals surface area contributed by atoms with Crippen molar-refractivity contribution in [3.63, 3.8) is 0 Å². The van der Waals surface area contributed by atoms with E-state index in [0.29, 0.717) is 12.1 Å². The zero-order valence-corrected chi connectivity index (χ0v) is 20.0. The van der Waals surface area contributed by atoms with Crippen LogP contribution < -0.4 is 5.32 Å². The lowest BCUT2D eigenvalue weighted by Crippen LogP contribution is -2.48. The Hall–Kier alpha value is -0.120. The number of halogens is 1. The Morgan fingerprint density at radius 2 is 1.85 bits per heavy atom. The Kier molecular flexibility index (Phi) is 13.7. The SMILES string of the molecule is CCNC(=NCC1CCCCN1CC)N1CCC(OCCCOC)CC1.I. The van der Waals surface area contributed by atoms with Crippen molar-refractivity contribution < 1.29 is 9.47 Å². The van der Waals surface area contributed by atoms with Gasteiger partial charge in [-0.1, -0.05) is 13.3 Å². The van der Waals surface area contributed by atoms with Gasteiger partial charge in [-0.2, -0.15) is 0 Å². The van der Waals surface area contributed by atoms with Crippen LogP contribution in [0.15, 0.2) is 4.99 Å². The quantitative estimate of drug-likeness (QED) is 0.230. The number of hydrogen-bond acceptors (Lipinski definition) is 4. The summed E-state index contributed by atoms with van der Waals surface area (Å²) < 4.78 is 11.1. The van der Waals surface area contributed by atoms with E-state index < -0.39 is 0 Å². The van der Waals surface area contributed by atoms with Gasteiger partial charge in [-0.15, -0.1) is 24.0 Å². The van der Waals surface area contributed by atoms with Crippen molar-refractivity contribution in [2.45, 2.75) is 64.5 Å². The molecule has 0 bridgehead atoms. The minimum atomic E-state index is 0. The molecule has 1 unspecified atom stereocenters. The molecular weight excluding hydrogens is 455 g/mol. The Bertz CT molecular complexity index is 403. The molecule has 1 atom stereocenters. The lowest BCUT2D eigenvalue weighted by Gasteiger charge is -2.36. The minimum Gasteiger partial charge on any atom is -0.385 e. The lowest BCUT2D eigenvalue weighted by atomic mass is 10.0. The lowest BCUT2D eigenvalue weighted by molar-refractivity contribution is 0.00987. The third-order valence-electron chi connectivity index (χ3n) is 5.53. The molecule has 7 heteroatoms. The molecule has 2 heterocycles. The van der Waals surface area contributed by atoms with Crippen molar-refractivity contribution in [2.24, 2.45) is 4.99 Å². The number of nitrogens with zero attached hydrogens (tertiary/aromatic N) is 3. The number of nitrogens with one attached hydrogen (secondary N) is 1. The molecule has 6 nitrogen and oxygen atoms in total. The number of likely N-dealkylation sites (tertiary alicyclic amines) is 2. The maximum atomic E-state index is 5.98. The van der Waals surface area contributed by atoms with Gasteiger partial charge in [-0.25, -0.2) is 0 Å². The minimum absolute atomic E-state index is 0. The Morgan fingerprint density at radius 3 is 2.52 bits per heavy atom. The smallest absolute Gasteiger partial charge is 0.193 e. The monoisotopic (exact) mass is 496 g/mol. The highest BCUT2D eigenvalue weighted by Crippen LogP contribution is 2.18. The van der Waals surface area contributed by atoms with E-state index in [1.807, 2.05) is 0 Å². The second-order valence-electron chi connectivity index (χ2n) is 7.38. The van der Waals surface area contributed by atoms with Gasteiger partial charge in [0.2, 0.25) is 0 Å². The van der Waals surface area contributed by atoms with Gasteiger partial charge in [0.25, 0.3) is 0 Å². The number of hydrogen-bond donors (Lipinski definition) is 1. The van der Waals surface area contributed by atoms with E-state index in [9.17, 15) is 0 Å². The number of rotatable bonds is 9. The summed E-state index contributed by atoms with van der Waals surface area (Å²) in [6.45, 7) is 12.3. The fourth-order valence-corrected chi connectivity index (χ4v) is 3.99. The van der Waals surface area contributed by atoms with Crippen LogP contribution in [0, 0.1) is 0 Å². The average molecular weight is 496 g/mol. The molecule has 2 fully saturated rings. The predicted octanol–water partition coefficient (Wildman–Crippen LogP) is 2.96. The van der Waals surface area contributed by atoms with Gasteiger partial charge in [0.15, 0.2) is 5.96 Å². The molecule has 2 saturated heterocycles. The predicted molar refractivity (Wildman–Crippen MR) is 123 cm³/mol. The van der Waals surface area contributed by atoms with Crippen molar-refractivity contribution >= 4 is 29.9 Å². The van der Waals surface area contributed by atoms with Crippen LogP contribution in [0.3, 0.4) is 0 Å². The van der Waals surface area contributed by atoms with E-state index in [4.69, 9.17) is 14.5 Å². The summed E-state index contributed by atoms with van der Waals surface area (Å²) in [5.41, 5.74) is 0. The summed E-state index contributed by atoms with van der Waals surface area (Å²) in [4.78, 5) is 10.0. The number of methoxy groups -OCH3 is 1. The van der Waals surface area contributed by atoms with Gasteiger partial charge in [0.05, 0.1) is 12.6 Å². The van der Waals surface area contributed by atoms with E-state index in [1.165, 1.54) is 25.8 Å². The van der Waals surface area contributed by atoms with Gasteiger partial charge in [-0.05, 0) is 52.1 Å². The van der Waals surface area contributed by atoms with Crippen LogP contribution in [0.25, 0.3) is 0 Å². The molecule has 2 rings (SSSR count). The zero-order valence-electron chi connectivity index (χ0n) is 17.6. The second-order valence-corrected chi connectivity index (χ2v) is 7.38. The van der Waals surface area contributed by atoms with Crippen molar-refractivity contribution in [1.82, 2.24) is 15.1 Å². The Morgan fingerprint density at radius 1 is 1.07 bits per heavy atom. The zero-order chi connectivity index (χ0) is 18.6. The molecule has 0 saturated carbocycles. The molecule has 27 heavy (non-hydrogen) atoms. The fourth-order valence-electron chi connectivity index (χ4n) is 3.99. The maximum Gasteiger partial charge on any atom is 0.193 e. The summed E-state index contributed by atoms with van der Waals surface area (Å²) in [5, 5.41) is 3.50. The number of ether oxygens (including phenoxy) is 2. The van der Waals surface area contributed by atoms with E-state index in [0.717, 1.165) is 71.2 Å². The van der Waals surface area contributed by atoms with Gasteiger partial charge >= 0.3 is 0 Å². The van der Waals surface area contributed by atoms with Crippen LogP contribution in [0.5, 0.6) is 0 Å². The van der Waals surface area contributed by atoms with Crippen molar-refractivity contribution in [1.29, 1.82) is 0 Å². The second kappa shape index (κ2) is 14.8. The third kappa shape index (κ3) is 8.83. The van der Waals surface area contributed by atoms with E-state index >= 15 is 0 Å². The first-order valence-electron chi connectivity index (χ1n) is 10.7. The standard InChI is InChI=1S/C20H40N4O2.HI/c1-4-21-20(22-17-18-9-6-7-12-23(18)5-2)24-13-10-19(11-14-24)26-16-8-15-25-3;/h18-19H,4-17H2,1-3H3,(H,21,22);1H. The molecule has 0 spiro atoms. The Balaban J connectivity index is 0.00000364. The van der Waals surface area contributed by atoms with Gasteiger partial charge in [0, 0.05) is 46.0 Å². The van der Waals surface area contributed by atoms with E-state index in [-0.39, 0.29) is 24.0 Å². The van der Waals surface area contributed by atoms with E-state index in [2.05, 4.69) is 29.0 Å². The number of piperidine rings is 2. The van der Waals surface area contributed by atoms with Crippen LogP contribution in [0.2, 0.25) is 0 Å². The van der Waals surface area contributed by atoms with Gasteiger partial charge in [0.1, 0.15) is 0 Å². The molecule has 0 aliphatic carbocycles. The first kappa shape index (κ1) is 24.9. The molecular formula is C20H41IN4O2. The van der Waals surface area contributed by atoms with Crippen molar-refractivity contribution in [2.75, 3.05) is 59.6 Å².